The second-order valence-electron chi connectivity index (χ2n) is 6.84. The van der Waals surface area contributed by atoms with Gasteiger partial charge in [0.15, 0.2) is 11.5 Å². The number of aromatic nitrogens is 2. The highest BCUT2D eigenvalue weighted by atomic mass is 19.1. The number of nitrogens with one attached hydrogen (secondary N) is 1. The molecule has 30 heavy (non-hydrogen) atoms. The molecule has 0 fully saturated rings. The molecule has 1 heterocycles. The number of hydrogen-bond acceptors (Lipinski definition) is 4. The summed E-state index contributed by atoms with van der Waals surface area (Å²) in [6, 6.07) is 16.8. The molecule has 0 saturated carbocycles. The van der Waals surface area contributed by atoms with Gasteiger partial charge in [0.25, 0.3) is 0 Å². The minimum absolute atomic E-state index is 0.0467. The van der Waals surface area contributed by atoms with Crippen LogP contribution in [0.1, 0.15) is 27.3 Å². The van der Waals surface area contributed by atoms with Gasteiger partial charge in [0, 0.05) is 5.56 Å². The van der Waals surface area contributed by atoms with Gasteiger partial charge < -0.3 is 19.6 Å². The number of nitrogens with zero attached hydrogens (tertiary/aromatic N) is 1. The Bertz CT molecular complexity index is 1190. The standard InChI is InChI=1S/C23H19FN2O4/c1-14-6-7-16(17(24)10-14)12-29-21-11-15(23(27)28)8-9-20(21)30-13-22-25-18-4-2-3-5-19(18)26-22/h2-11H,12-13H2,1H3,(H,25,26)(H,27,28). The molecular formula is C23H19FN2O4. The van der Waals surface area contributed by atoms with Crippen LogP contribution in [0.4, 0.5) is 4.39 Å². The highest BCUT2D eigenvalue weighted by Crippen LogP contribution is 2.30. The van der Waals surface area contributed by atoms with E-state index in [0.717, 1.165) is 16.6 Å². The van der Waals surface area contributed by atoms with Crippen molar-refractivity contribution in [3.8, 4) is 11.5 Å². The topological polar surface area (TPSA) is 84.4 Å². The number of aryl methyl sites for hydroxylation is 1. The van der Waals surface area contributed by atoms with Crippen LogP contribution in [0, 0.1) is 12.7 Å². The van der Waals surface area contributed by atoms with Gasteiger partial charge in [-0.3, -0.25) is 0 Å². The third kappa shape index (κ3) is 4.25. The van der Waals surface area contributed by atoms with Crippen molar-refractivity contribution in [2.45, 2.75) is 20.1 Å². The summed E-state index contributed by atoms with van der Waals surface area (Å²) in [5.41, 5.74) is 2.93. The molecule has 0 aliphatic carbocycles. The van der Waals surface area contributed by atoms with Crippen LogP contribution in [0.2, 0.25) is 0 Å². The van der Waals surface area contributed by atoms with Crippen LogP contribution in [0.15, 0.2) is 60.7 Å². The van der Waals surface area contributed by atoms with Crippen LogP contribution in [0.3, 0.4) is 0 Å². The molecule has 0 aliphatic heterocycles. The molecule has 4 aromatic rings. The van der Waals surface area contributed by atoms with E-state index in [1.54, 1.807) is 19.1 Å². The lowest BCUT2D eigenvalue weighted by Crippen LogP contribution is -2.05. The molecule has 0 aliphatic rings. The molecule has 1 aromatic heterocycles. The van der Waals surface area contributed by atoms with Crippen LogP contribution < -0.4 is 9.47 Å². The maximum absolute atomic E-state index is 14.1. The highest BCUT2D eigenvalue weighted by molar-refractivity contribution is 5.88. The number of carboxylic acids is 1. The summed E-state index contributed by atoms with van der Waals surface area (Å²) in [7, 11) is 0. The predicted octanol–water partition coefficient (Wildman–Crippen LogP) is 4.87. The third-order valence-electron chi connectivity index (χ3n) is 4.59. The maximum atomic E-state index is 14.1. The molecule has 3 aromatic carbocycles. The summed E-state index contributed by atoms with van der Waals surface area (Å²) >= 11 is 0. The van der Waals surface area contributed by atoms with Crippen molar-refractivity contribution >= 4 is 17.0 Å². The van der Waals surface area contributed by atoms with E-state index in [4.69, 9.17) is 9.47 Å². The van der Waals surface area contributed by atoms with Crippen LogP contribution in [0.25, 0.3) is 11.0 Å². The summed E-state index contributed by atoms with van der Waals surface area (Å²) in [4.78, 5) is 19.0. The summed E-state index contributed by atoms with van der Waals surface area (Å²) in [6.07, 6.45) is 0. The summed E-state index contributed by atoms with van der Waals surface area (Å²) in [5, 5.41) is 9.28. The Morgan fingerprint density at radius 1 is 1.03 bits per heavy atom. The molecular weight excluding hydrogens is 387 g/mol. The van der Waals surface area contributed by atoms with E-state index in [0.29, 0.717) is 17.1 Å². The molecule has 0 saturated heterocycles. The van der Waals surface area contributed by atoms with Crippen LogP contribution in [-0.2, 0) is 13.2 Å². The normalized spacial score (nSPS) is 10.9. The zero-order valence-electron chi connectivity index (χ0n) is 16.2. The molecule has 152 valence electrons. The smallest absolute Gasteiger partial charge is 0.335 e. The van der Waals surface area contributed by atoms with Gasteiger partial charge in [-0.05, 0) is 48.9 Å². The number of aromatic carboxylic acids is 1. The molecule has 0 amide bonds. The van der Waals surface area contributed by atoms with Crippen molar-refractivity contribution in [3.63, 3.8) is 0 Å². The van der Waals surface area contributed by atoms with Crippen LogP contribution >= 0.6 is 0 Å². The Morgan fingerprint density at radius 2 is 1.83 bits per heavy atom. The lowest BCUT2D eigenvalue weighted by molar-refractivity contribution is 0.0696. The van der Waals surface area contributed by atoms with Gasteiger partial charge in [-0.25, -0.2) is 14.2 Å². The molecule has 0 bridgehead atoms. The van der Waals surface area contributed by atoms with E-state index in [1.165, 1.54) is 24.3 Å². The molecule has 4 rings (SSSR count). The number of carbonyl (C=O) groups is 1. The first-order valence-corrected chi connectivity index (χ1v) is 9.31. The molecule has 2 N–H and O–H groups in total. The van der Waals surface area contributed by atoms with Crippen LogP contribution in [-0.4, -0.2) is 21.0 Å². The SMILES string of the molecule is Cc1ccc(COc2cc(C(=O)O)ccc2OCc2nc3ccccc3[nH]2)c(F)c1. The molecule has 6 nitrogen and oxygen atoms in total. The Kier molecular flexibility index (Phi) is 5.34. The van der Waals surface area contributed by atoms with Gasteiger partial charge in [0.05, 0.1) is 16.6 Å². The minimum atomic E-state index is -1.09. The maximum Gasteiger partial charge on any atom is 0.335 e. The first-order chi connectivity index (χ1) is 14.5. The highest BCUT2D eigenvalue weighted by Gasteiger charge is 2.13. The van der Waals surface area contributed by atoms with Gasteiger partial charge >= 0.3 is 5.97 Å². The molecule has 0 atom stereocenters. The Hall–Kier alpha value is -3.87. The van der Waals surface area contributed by atoms with Gasteiger partial charge in [0.2, 0.25) is 0 Å². The number of hydrogen-bond donors (Lipinski definition) is 2. The quantitative estimate of drug-likeness (QED) is 0.458. The Balaban J connectivity index is 1.54. The lowest BCUT2D eigenvalue weighted by atomic mass is 10.1. The van der Waals surface area contributed by atoms with Gasteiger partial charge in [0.1, 0.15) is 24.9 Å². The fourth-order valence-electron chi connectivity index (χ4n) is 3.02. The fraction of sp³-hybridized carbons (Fsp3) is 0.130. The van der Waals surface area contributed by atoms with E-state index < -0.39 is 5.97 Å². The van der Waals surface area contributed by atoms with E-state index in [1.807, 2.05) is 24.3 Å². The Morgan fingerprint density at radius 3 is 2.60 bits per heavy atom. The second-order valence-corrected chi connectivity index (χ2v) is 6.84. The number of carboxylic acid groups (broad SMARTS) is 1. The molecule has 0 unspecified atom stereocenters. The van der Waals surface area contributed by atoms with E-state index in [2.05, 4.69) is 9.97 Å². The number of aromatic amines is 1. The zero-order chi connectivity index (χ0) is 21.1. The number of H-pyrrole nitrogens is 1. The van der Waals surface area contributed by atoms with Crippen molar-refractivity contribution in [2.75, 3.05) is 0 Å². The number of para-hydroxylation sites is 2. The largest absolute Gasteiger partial charge is 0.485 e. The van der Waals surface area contributed by atoms with Crippen molar-refractivity contribution < 1.29 is 23.8 Å². The van der Waals surface area contributed by atoms with E-state index in [9.17, 15) is 14.3 Å². The number of ether oxygens (including phenoxy) is 2. The number of imidazole rings is 1. The number of halogens is 1. The van der Waals surface area contributed by atoms with Crippen LogP contribution in [0.5, 0.6) is 11.5 Å². The van der Waals surface area contributed by atoms with E-state index >= 15 is 0 Å². The van der Waals surface area contributed by atoms with E-state index in [-0.39, 0.29) is 30.3 Å². The lowest BCUT2D eigenvalue weighted by Gasteiger charge is -2.13. The predicted molar refractivity (Wildman–Crippen MR) is 109 cm³/mol. The van der Waals surface area contributed by atoms with Crippen molar-refractivity contribution in [3.05, 3.63) is 89.0 Å². The first-order valence-electron chi connectivity index (χ1n) is 9.31. The molecule has 0 spiro atoms. The molecule has 7 heteroatoms. The Labute approximate surface area is 171 Å². The number of benzene rings is 3. The summed E-state index contributed by atoms with van der Waals surface area (Å²) in [6.45, 7) is 1.88. The minimum Gasteiger partial charge on any atom is -0.485 e. The first kappa shape index (κ1) is 19.4. The number of rotatable bonds is 7. The zero-order valence-corrected chi connectivity index (χ0v) is 16.2. The number of fused-ring (bicyclic) bond motifs is 1. The second kappa shape index (κ2) is 8.24. The average Bonchev–Trinajstić information content (AvgIpc) is 3.15. The third-order valence-corrected chi connectivity index (χ3v) is 4.59. The van der Waals surface area contributed by atoms with Gasteiger partial charge in [-0.15, -0.1) is 0 Å². The van der Waals surface area contributed by atoms with Crippen molar-refractivity contribution in [1.82, 2.24) is 9.97 Å². The molecule has 0 radical (unpaired) electrons. The van der Waals surface area contributed by atoms with Gasteiger partial charge in [-0.2, -0.15) is 0 Å². The van der Waals surface area contributed by atoms with Gasteiger partial charge in [-0.1, -0.05) is 24.3 Å². The fourth-order valence-corrected chi connectivity index (χ4v) is 3.02. The summed E-state index contributed by atoms with van der Waals surface area (Å²) in [5.74, 6) is -0.299. The van der Waals surface area contributed by atoms with Crippen molar-refractivity contribution in [2.24, 2.45) is 0 Å². The van der Waals surface area contributed by atoms with Crippen molar-refractivity contribution in [1.29, 1.82) is 0 Å². The monoisotopic (exact) mass is 406 g/mol. The average molecular weight is 406 g/mol. The summed E-state index contributed by atoms with van der Waals surface area (Å²) < 4.78 is 25.7.